The monoisotopic (exact) mass is 498 g/mol. The van der Waals surface area contributed by atoms with Gasteiger partial charge in [0.1, 0.15) is 17.2 Å². The summed E-state index contributed by atoms with van der Waals surface area (Å²) in [6.45, 7) is 2.54. The van der Waals surface area contributed by atoms with Crippen LogP contribution in [0.4, 0.5) is 5.69 Å². The van der Waals surface area contributed by atoms with E-state index in [2.05, 4.69) is 0 Å². The van der Waals surface area contributed by atoms with Gasteiger partial charge in [-0.1, -0.05) is 66.2 Å². The number of benzene rings is 3. The molecule has 0 saturated carbocycles. The Labute approximate surface area is 210 Å². The maximum atomic E-state index is 14.4. The summed E-state index contributed by atoms with van der Waals surface area (Å²) in [7, 11) is -3.89. The fraction of sp³-hybridized carbons (Fsp3) is 0.207. The molecule has 1 spiro atoms. The van der Waals surface area contributed by atoms with E-state index < -0.39 is 21.5 Å². The third-order valence-electron chi connectivity index (χ3n) is 7.41. The molecular weight excluding hydrogens is 472 g/mol. The van der Waals surface area contributed by atoms with E-state index in [9.17, 15) is 13.2 Å². The van der Waals surface area contributed by atoms with Crippen LogP contribution in [0.2, 0.25) is 0 Å². The highest BCUT2D eigenvalue weighted by molar-refractivity contribution is 7.89. The van der Waals surface area contributed by atoms with E-state index in [1.807, 2.05) is 61.5 Å². The number of rotatable bonds is 5. The van der Waals surface area contributed by atoms with Gasteiger partial charge in [-0.25, -0.2) is 8.42 Å². The van der Waals surface area contributed by atoms with Crippen LogP contribution in [-0.4, -0.2) is 25.2 Å². The van der Waals surface area contributed by atoms with Crippen molar-refractivity contribution < 1.29 is 17.6 Å². The van der Waals surface area contributed by atoms with Gasteiger partial charge in [0, 0.05) is 12.2 Å². The number of sulfonamides is 1. The van der Waals surface area contributed by atoms with Crippen LogP contribution in [0.15, 0.2) is 107 Å². The van der Waals surface area contributed by atoms with E-state index in [1.165, 1.54) is 10.6 Å². The molecule has 6 nitrogen and oxygen atoms in total. The predicted octanol–water partition coefficient (Wildman–Crippen LogP) is 5.21. The maximum absolute atomic E-state index is 14.4. The highest BCUT2D eigenvalue weighted by Gasteiger charge is 2.63. The summed E-state index contributed by atoms with van der Waals surface area (Å²) in [5.41, 5.74) is 2.56. The summed E-state index contributed by atoms with van der Waals surface area (Å²) in [6, 6.07) is 27.1. The number of fused-ring (bicyclic) bond motifs is 2. The summed E-state index contributed by atoms with van der Waals surface area (Å²) < 4.78 is 35.2. The Kier molecular flexibility index (Phi) is 5.35. The van der Waals surface area contributed by atoms with Gasteiger partial charge in [0.2, 0.25) is 15.9 Å². The first-order valence-corrected chi connectivity index (χ1v) is 13.4. The molecule has 7 heteroatoms. The molecule has 2 aliphatic heterocycles. The molecule has 0 bridgehead atoms. The largest absolute Gasteiger partial charge is 0.468 e. The van der Waals surface area contributed by atoms with Gasteiger partial charge in [-0.3, -0.25) is 4.79 Å². The summed E-state index contributed by atoms with van der Waals surface area (Å²) in [4.78, 5) is 16.4. The smallest absolute Gasteiger partial charge is 0.243 e. The van der Waals surface area contributed by atoms with Gasteiger partial charge in [-0.05, 0) is 54.8 Å². The maximum Gasteiger partial charge on any atom is 0.243 e. The Morgan fingerprint density at radius 2 is 1.64 bits per heavy atom. The fourth-order valence-electron chi connectivity index (χ4n) is 5.71. The van der Waals surface area contributed by atoms with Crippen molar-refractivity contribution in [1.82, 2.24) is 4.31 Å². The minimum absolute atomic E-state index is 0.101. The molecule has 1 saturated heterocycles. The molecule has 3 aromatic carbocycles. The van der Waals surface area contributed by atoms with Gasteiger partial charge in [-0.15, -0.1) is 0 Å². The van der Waals surface area contributed by atoms with E-state index >= 15 is 0 Å². The van der Waals surface area contributed by atoms with Crippen molar-refractivity contribution in [3.63, 3.8) is 0 Å². The van der Waals surface area contributed by atoms with Crippen molar-refractivity contribution in [1.29, 1.82) is 0 Å². The molecular formula is C29H26N2O4S. The quantitative estimate of drug-likeness (QED) is 0.379. The molecule has 2 atom stereocenters. The second-order valence-electron chi connectivity index (χ2n) is 9.46. The molecule has 0 unspecified atom stereocenters. The van der Waals surface area contributed by atoms with E-state index in [-0.39, 0.29) is 17.3 Å². The van der Waals surface area contributed by atoms with Crippen molar-refractivity contribution >= 4 is 21.6 Å². The summed E-state index contributed by atoms with van der Waals surface area (Å²) in [6.07, 6.45) is 1.90. The Balaban J connectivity index is 1.50. The second kappa shape index (κ2) is 8.47. The molecule has 4 aromatic rings. The van der Waals surface area contributed by atoms with E-state index in [1.54, 1.807) is 41.3 Å². The lowest BCUT2D eigenvalue weighted by Gasteiger charge is -2.33. The van der Waals surface area contributed by atoms with Gasteiger partial charge in [0.15, 0.2) is 0 Å². The number of nitrogens with zero attached hydrogens (tertiary/aromatic N) is 2. The van der Waals surface area contributed by atoms with Crippen LogP contribution in [-0.2, 0) is 26.8 Å². The molecule has 3 heterocycles. The van der Waals surface area contributed by atoms with Gasteiger partial charge in [0.25, 0.3) is 0 Å². The first-order chi connectivity index (χ1) is 17.4. The fourth-order valence-corrected chi connectivity index (χ4v) is 7.36. The van der Waals surface area contributed by atoms with Crippen LogP contribution in [0.5, 0.6) is 0 Å². The van der Waals surface area contributed by atoms with Crippen LogP contribution >= 0.6 is 0 Å². The zero-order valence-electron chi connectivity index (χ0n) is 19.9. The van der Waals surface area contributed by atoms with Crippen LogP contribution in [0, 0.1) is 6.92 Å². The normalized spacial score (nSPS) is 21.9. The Morgan fingerprint density at radius 3 is 2.36 bits per heavy atom. The molecule has 1 aromatic heterocycles. The third kappa shape index (κ3) is 3.34. The highest BCUT2D eigenvalue weighted by Crippen LogP contribution is 2.58. The number of furan rings is 1. The van der Waals surface area contributed by atoms with Crippen LogP contribution in [0.3, 0.4) is 0 Å². The molecule has 6 rings (SSSR count). The minimum Gasteiger partial charge on any atom is -0.468 e. The van der Waals surface area contributed by atoms with Crippen molar-refractivity contribution in [3.05, 3.63) is 120 Å². The van der Waals surface area contributed by atoms with Crippen molar-refractivity contribution in [2.45, 2.75) is 36.2 Å². The average Bonchev–Trinajstić information content (AvgIpc) is 3.61. The minimum atomic E-state index is -3.89. The van der Waals surface area contributed by atoms with Crippen LogP contribution in [0.1, 0.15) is 34.9 Å². The zero-order valence-corrected chi connectivity index (χ0v) is 20.7. The molecule has 0 N–H and O–H groups in total. The number of hydrogen-bond donors (Lipinski definition) is 0. The number of carbonyl (C=O) groups is 1. The Hall–Kier alpha value is -3.68. The molecule has 1 fully saturated rings. The lowest BCUT2D eigenvalue weighted by molar-refractivity contribution is -0.124. The first kappa shape index (κ1) is 22.8. The lowest BCUT2D eigenvalue weighted by atomic mass is 9.74. The number of amides is 1. The summed E-state index contributed by atoms with van der Waals surface area (Å²) in [5.74, 6) is 0.364. The Bertz CT molecular complexity index is 1520. The van der Waals surface area contributed by atoms with Gasteiger partial charge in [-0.2, -0.15) is 4.31 Å². The number of aryl methyl sites for hydroxylation is 1. The topological polar surface area (TPSA) is 70.8 Å². The molecule has 36 heavy (non-hydrogen) atoms. The summed E-state index contributed by atoms with van der Waals surface area (Å²) in [5, 5.41) is 0. The summed E-state index contributed by atoms with van der Waals surface area (Å²) >= 11 is 0. The standard InChI is InChI=1S/C29H26N2O4S/c1-21-13-15-23(16-14-21)36(33,34)31-18-17-29(27(31)26-12-7-19-35-26)24-10-5-6-11-25(24)30(28(29)32)20-22-8-3-2-4-9-22/h2-16,19,27H,17-18,20H2,1H3/t27-,29-/m1/s1. The SMILES string of the molecule is Cc1ccc(S(=O)(=O)N2CC[C@]3(C(=O)N(Cc4ccccc4)c4ccccc43)[C@H]2c2ccco2)cc1. The number of hydrogen-bond acceptors (Lipinski definition) is 4. The molecule has 182 valence electrons. The first-order valence-electron chi connectivity index (χ1n) is 12.0. The highest BCUT2D eigenvalue weighted by atomic mass is 32.2. The van der Waals surface area contributed by atoms with Crippen LogP contribution < -0.4 is 4.90 Å². The van der Waals surface area contributed by atoms with Gasteiger partial charge < -0.3 is 9.32 Å². The zero-order chi connectivity index (χ0) is 24.9. The van der Waals surface area contributed by atoms with E-state index in [4.69, 9.17) is 4.42 Å². The molecule has 1 amide bonds. The predicted molar refractivity (Wildman–Crippen MR) is 137 cm³/mol. The average molecular weight is 499 g/mol. The number of para-hydroxylation sites is 1. The van der Waals surface area contributed by atoms with Crippen molar-refractivity contribution in [2.75, 3.05) is 11.4 Å². The number of anilines is 1. The lowest BCUT2D eigenvalue weighted by Crippen LogP contribution is -2.45. The van der Waals surface area contributed by atoms with Crippen molar-refractivity contribution in [2.24, 2.45) is 0 Å². The Morgan fingerprint density at radius 1 is 0.917 bits per heavy atom. The second-order valence-corrected chi connectivity index (χ2v) is 11.4. The third-order valence-corrected chi connectivity index (χ3v) is 9.29. The van der Waals surface area contributed by atoms with Gasteiger partial charge in [0.05, 0.1) is 17.7 Å². The van der Waals surface area contributed by atoms with E-state index in [0.717, 1.165) is 22.4 Å². The molecule has 2 aliphatic rings. The van der Waals surface area contributed by atoms with Crippen LogP contribution in [0.25, 0.3) is 0 Å². The van der Waals surface area contributed by atoms with Gasteiger partial charge >= 0.3 is 0 Å². The van der Waals surface area contributed by atoms with Crippen molar-refractivity contribution in [3.8, 4) is 0 Å². The van der Waals surface area contributed by atoms with E-state index in [0.29, 0.717) is 18.7 Å². The molecule has 0 radical (unpaired) electrons. The molecule has 0 aliphatic carbocycles. The number of carbonyl (C=O) groups excluding carboxylic acids is 1.